The van der Waals surface area contributed by atoms with Gasteiger partial charge in [0.25, 0.3) is 0 Å². The van der Waals surface area contributed by atoms with Gasteiger partial charge in [-0.25, -0.2) is 0 Å². The second-order valence-corrected chi connectivity index (χ2v) is 5.37. The van der Waals surface area contributed by atoms with Crippen LogP contribution in [0.15, 0.2) is 23.1 Å². The standard InChI is InChI=1S/C13H13F3N2O2S/c1-2-21-11-5-3-4-10(9(11)6-17)18(7-12(19)20)8-13(14,15)16/h3-5H,2,7-8H2,1H3,(H,19,20). The Morgan fingerprint density at radius 2 is 2.14 bits per heavy atom. The van der Waals surface area contributed by atoms with Crippen molar-refractivity contribution >= 4 is 23.4 Å². The molecule has 0 saturated heterocycles. The lowest BCUT2D eigenvalue weighted by molar-refractivity contribution is -0.136. The van der Waals surface area contributed by atoms with Crippen molar-refractivity contribution in [2.75, 3.05) is 23.7 Å². The number of anilines is 1. The molecule has 0 amide bonds. The molecule has 0 aliphatic carbocycles. The van der Waals surface area contributed by atoms with Gasteiger partial charge in [0.05, 0.1) is 11.3 Å². The van der Waals surface area contributed by atoms with E-state index in [2.05, 4.69) is 0 Å². The Morgan fingerprint density at radius 1 is 1.48 bits per heavy atom. The third-order valence-electron chi connectivity index (χ3n) is 2.45. The van der Waals surface area contributed by atoms with Gasteiger partial charge in [-0.2, -0.15) is 18.4 Å². The normalized spacial score (nSPS) is 11.0. The molecule has 0 aromatic heterocycles. The van der Waals surface area contributed by atoms with E-state index in [4.69, 9.17) is 5.11 Å². The SMILES string of the molecule is CCSc1cccc(N(CC(=O)O)CC(F)(F)F)c1C#N. The molecule has 114 valence electrons. The van der Waals surface area contributed by atoms with Crippen molar-refractivity contribution in [3.63, 3.8) is 0 Å². The molecule has 1 aromatic carbocycles. The summed E-state index contributed by atoms with van der Waals surface area (Å²) in [7, 11) is 0. The molecular formula is C13H13F3N2O2S. The van der Waals surface area contributed by atoms with Crippen LogP contribution in [0.1, 0.15) is 12.5 Å². The Bertz CT molecular complexity index is 555. The largest absolute Gasteiger partial charge is 0.480 e. The van der Waals surface area contributed by atoms with Crippen LogP contribution in [0.5, 0.6) is 0 Å². The zero-order valence-corrected chi connectivity index (χ0v) is 12.0. The van der Waals surface area contributed by atoms with Crippen molar-refractivity contribution in [2.45, 2.75) is 18.0 Å². The van der Waals surface area contributed by atoms with Gasteiger partial charge in [0.1, 0.15) is 19.2 Å². The Kier molecular flexibility index (Phi) is 5.90. The number of hydrogen-bond acceptors (Lipinski definition) is 4. The van der Waals surface area contributed by atoms with Crippen LogP contribution in [0, 0.1) is 11.3 Å². The van der Waals surface area contributed by atoms with Crippen LogP contribution in [0.2, 0.25) is 0 Å². The zero-order chi connectivity index (χ0) is 16.0. The number of nitrogens with zero attached hydrogens (tertiary/aromatic N) is 2. The van der Waals surface area contributed by atoms with Crippen LogP contribution < -0.4 is 4.90 Å². The van der Waals surface area contributed by atoms with E-state index < -0.39 is 25.2 Å². The summed E-state index contributed by atoms with van der Waals surface area (Å²) in [5, 5.41) is 18.0. The van der Waals surface area contributed by atoms with Crippen LogP contribution in [0.4, 0.5) is 18.9 Å². The molecule has 0 radical (unpaired) electrons. The maximum atomic E-state index is 12.6. The lowest BCUT2D eigenvalue weighted by Crippen LogP contribution is -2.38. The summed E-state index contributed by atoms with van der Waals surface area (Å²) in [5.41, 5.74) is 0.0468. The second kappa shape index (κ2) is 7.22. The minimum Gasteiger partial charge on any atom is -0.480 e. The smallest absolute Gasteiger partial charge is 0.405 e. The van der Waals surface area contributed by atoms with Crippen LogP contribution in [-0.2, 0) is 4.79 Å². The summed E-state index contributed by atoms with van der Waals surface area (Å²) in [4.78, 5) is 12.0. The number of benzene rings is 1. The van der Waals surface area contributed by atoms with E-state index in [1.54, 1.807) is 6.07 Å². The van der Waals surface area contributed by atoms with Crippen molar-refractivity contribution in [1.82, 2.24) is 0 Å². The predicted octanol–water partition coefficient (Wildman–Crippen LogP) is 3.12. The molecule has 1 N–H and O–H groups in total. The molecule has 0 fully saturated rings. The fourth-order valence-corrected chi connectivity index (χ4v) is 2.56. The molecule has 0 atom stereocenters. The fourth-order valence-electron chi connectivity index (χ4n) is 1.78. The van der Waals surface area contributed by atoms with Gasteiger partial charge in [-0.05, 0) is 17.9 Å². The van der Waals surface area contributed by atoms with E-state index in [1.807, 2.05) is 13.0 Å². The number of carbonyl (C=O) groups is 1. The number of halogens is 3. The molecule has 1 aromatic rings. The highest BCUT2D eigenvalue weighted by Gasteiger charge is 2.33. The lowest BCUT2D eigenvalue weighted by Gasteiger charge is -2.25. The van der Waals surface area contributed by atoms with Crippen molar-refractivity contribution < 1.29 is 23.1 Å². The molecule has 21 heavy (non-hydrogen) atoms. The Labute approximate surface area is 124 Å². The van der Waals surface area contributed by atoms with Gasteiger partial charge in [0.2, 0.25) is 0 Å². The van der Waals surface area contributed by atoms with E-state index in [0.29, 0.717) is 15.5 Å². The number of thioether (sulfide) groups is 1. The average molecular weight is 318 g/mol. The van der Waals surface area contributed by atoms with E-state index in [-0.39, 0.29) is 11.3 Å². The molecule has 0 aliphatic heterocycles. The summed E-state index contributed by atoms with van der Waals surface area (Å²) in [6, 6.07) is 6.33. The van der Waals surface area contributed by atoms with E-state index in [0.717, 1.165) is 0 Å². The maximum absolute atomic E-state index is 12.6. The number of carboxylic acid groups (broad SMARTS) is 1. The summed E-state index contributed by atoms with van der Waals surface area (Å²) in [6.45, 7) is -0.397. The topological polar surface area (TPSA) is 64.3 Å². The third kappa shape index (κ3) is 5.19. The highest BCUT2D eigenvalue weighted by molar-refractivity contribution is 7.99. The number of nitriles is 1. The Morgan fingerprint density at radius 3 is 2.62 bits per heavy atom. The molecule has 0 spiro atoms. The quantitative estimate of drug-likeness (QED) is 0.816. The van der Waals surface area contributed by atoms with Crippen molar-refractivity contribution in [2.24, 2.45) is 0 Å². The first kappa shape index (κ1) is 17.2. The Hall–Kier alpha value is -1.88. The molecule has 1 rings (SSSR count). The minimum atomic E-state index is -4.56. The number of carboxylic acids is 1. The highest BCUT2D eigenvalue weighted by atomic mass is 32.2. The van der Waals surface area contributed by atoms with Crippen LogP contribution in [0.25, 0.3) is 0 Å². The first-order valence-corrected chi connectivity index (χ1v) is 6.96. The van der Waals surface area contributed by atoms with Crippen LogP contribution in [0.3, 0.4) is 0 Å². The lowest BCUT2D eigenvalue weighted by atomic mass is 10.1. The highest BCUT2D eigenvalue weighted by Crippen LogP contribution is 2.31. The third-order valence-corrected chi connectivity index (χ3v) is 3.39. The molecule has 0 heterocycles. The number of rotatable bonds is 6. The number of aliphatic carboxylic acids is 1. The van der Waals surface area contributed by atoms with Gasteiger partial charge in [-0.3, -0.25) is 4.79 Å². The molecular weight excluding hydrogens is 305 g/mol. The molecule has 0 unspecified atom stereocenters. The van der Waals surface area contributed by atoms with Crippen molar-refractivity contribution in [1.29, 1.82) is 5.26 Å². The second-order valence-electron chi connectivity index (χ2n) is 4.06. The molecule has 4 nitrogen and oxygen atoms in total. The van der Waals surface area contributed by atoms with Crippen LogP contribution >= 0.6 is 11.8 Å². The summed E-state index contributed by atoms with van der Waals surface area (Å²) in [5.74, 6) is -0.743. The maximum Gasteiger partial charge on any atom is 0.405 e. The molecule has 0 saturated carbocycles. The zero-order valence-electron chi connectivity index (χ0n) is 11.1. The van der Waals surface area contributed by atoms with Gasteiger partial charge in [-0.1, -0.05) is 13.0 Å². The average Bonchev–Trinajstić information content (AvgIpc) is 2.36. The van der Waals surface area contributed by atoms with Gasteiger partial charge in [0, 0.05) is 4.90 Å². The minimum absolute atomic E-state index is 0.0179. The molecule has 0 aliphatic rings. The summed E-state index contributed by atoms with van der Waals surface area (Å²) < 4.78 is 37.8. The van der Waals surface area contributed by atoms with Gasteiger partial charge in [0.15, 0.2) is 0 Å². The summed E-state index contributed by atoms with van der Waals surface area (Å²) in [6.07, 6.45) is -4.56. The molecule has 8 heteroatoms. The van der Waals surface area contributed by atoms with Crippen molar-refractivity contribution in [3.8, 4) is 6.07 Å². The predicted molar refractivity (Wildman–Crippen MR) is 73.5 cm³/mol. The van der Waals surface area contributed by atoms with E-state index >= 15 is 0 Å². The van der Waals surface area contributed by atoms with Gasteiger partial charge >= 0.3 is 12.1 Å². The fraction of sp³-hybridized carbons (Fsp3) is 0.385. The number of hydrogen-bond donors (Lipinski definition) is 1. The van der Waals surface area contributed by atoms with Gasteiger partial charge in [-0.15, -0.1) is 11.8 Å². The summed E-state index contributed by atoms with van der Waals surface area (Å²) >= 11 is 1.32. The van der Waals surface area contributed by atoms with Crippen LogP contribution in [-0.4, -0.2) is 36.1 Å². The number of alkyl halides is 3. The monoisotopic (exact) mass is 318 g/mol. The van der Waals surface area contributed by atoms with Gasteiger partial charge < -0.3 is 10.0 Å². The molecule has 0 bridgehead atoms. The van der Waals surface area contributed by atoms with E-state index in [1.165, 1.54) is 23.9 Å². The van der Waals surface area contributed by atoms with E-state index in [9.17, 15) is 23.2 Å². The Balaban J connectivity index is 3.26. The first-order valence-electron chi connectivity index (χ1n) is 5.98. The van der Waals surface area contributed by atoms with Crippen molar-refractivity contribution in [3.05, 3.63) is 23.8 Å². The first-order chi connectivity index (χ1) is 9.78.